The first-order valence-corrected chi connectivity index (χ1v) is 29.6. The number of anilines is 1. The molecule has 2 saturated heterocycles. The van der Waals surface area contributed by atoms with Crippen molar-refractivity contribution in [1.29, 1.82) is 0 Å². The number of β-lactam (4-membered cyclic amide) rings is 1. The SMILES string of the molecule is O=COCC1(NC(=O)C(=NOC(c2ccccc2)(c2ccccc2)c2ccccc2)c2csc(NC(c3ccccc3)(c3ccccc3)c3ccccc3)n2)C(=O)N2C(C(=O)OC(c3ccccc3)c3ccccc3)C(N3CCCC3)=CS[C@H]21. The summed E-state index contributed by atoms with van der Waals surface area (Å²) in [5.74, 6) is -2.18. The van der Waals surface area contributed by atoms with Gasteiger partial charge in [0.2, 0.25) is 5.60 Å². The number of thioether (sulfide) groups is 1. The molecule has 84 heavy (non-hydrogen) atoms. The van der Waals surface area contributed by atoms with Crippen LogP contribution in [0.15, 0.2) is 264 Å². The molecule has 1 aromatic heterocycles. The molecular weight excluding hydrogens is 1090 g/mol. The van der Waals surface area contributed by atoms with Crippen LogP contribution in [-0.4, -0.2) is 81.4 Å². The summed E-state index contributed by atoms with van der Waals surface area (Å²) in [5.41, 5.74) is 2.50. The maximum atomic E-state index is 16.0. The smallest absolute Gasteiger partial charge is 0.336 e. The Labute approximate surface area is 495 Å². The molecule has 3 atom stereocenters. The van der Waals surface area contributed by atoms with E-state index in [2.05, 4.69) is 51.9 Å². The highest BCUT2D eigenvalue weighted by Gasteiger charge is 2.68. The van der Waals surface area contributed by atoms with Crippen LogP contribution in [0.4, 0.5) is 5.13 Å². The Bertz CT molecular complexity index is 3550. The number of nitrogens with zero attached hydrogens (tertiary/aromatic N) is 4. The zero-order chi connectivity index (χ0) is 57.4. The van der Waals surface area contributed by atoms with E-state index in [0.29, 0.717) is 40.6 Å². The Morgan fingerprint density at radius 2 is 1.08 bits per heavy atom. The molecule has 0 bridgehead atoms. The topological polar surface area (TPSA) is 152 Å². The van der Waals surface area contributed by atoms with Gasteiger partial charge in [-0.3, -0.25) is 14.4 Å². The predicted molar refractivity (Wildman–Crippen MR) is 326 cm³/mol. The van der Waals surface area contributed by atoms with Crippen LogP contribution in [0.1, 0.15) is 69.1 Å². The van der Waals surface area contributed by atoms with Crippen LogP contribution in [0.5, 0.6) is 0 Å². The van der Waals surface area contributed by atoms with E-state index >= 15 is 14.4 Å². The number of amides is 2. The number of likely N-dealkylation sites (tertiary alicyclic amines) is 1. The van der Waals surface area contributed by atoms with Crippen molar-refractivity contribution in [3.05, 3.63) is 309 Å². The summed E-state index contributed by atoms with van der Waals surface area (Å²) < 4.78 is 12.1. The maximum Gasteiger partial charge on any atom is 0.336 e. The molecule has 2 fully saturated rings. The fraction of sp³-hybridized carbons (Fsp3) is 0.159. The number of nitrogens with one attached hydrogen (secondary N) is 2. The van der Waals surface area contributed by atoms with Crippen molar-refractivity contribution < 1.29 is 33.5 Å². The van der Waals surface area contributed by atoms with E-state index in [1.807, 2.05) is 212 Å². The molecule has 2 N–H and O–H groups in total. The number of esters is 1. The van der Waals surface area contributed by atoms with Gasteiger partial charge >= 0.3 is 5.97 Å². The summed E-state index contributed by atoms with van der Waals surface area (Å²) in [7, 11) is 0. The Balaban J connectivity index is 0.973. The van der Waals surface area contributed by atoms with Crippen molar-refractivity contribution in [2.75, 3.05) is 25.0 Å². The third-order valence-corrected chi connectivity index (χ3v) is 17.7. The third-order valence-electron chi connectivity index (χ3n) is 15.7. The maximum absolute atomic E-state index is 16.0. The number of carbonyl (C=O) groups is 4. The van der Waals surface area contributed by atoms with Crippen LogP contribution in [0, 0.1) is 0 Å². The molecule has 2 amide bonds. The van der Waals surface area contributed by atoms with Crippen molar-refractivity contribution in [1.82, 2.24) is 20.1 Å². The van der Waals surface area contributed by atoms with Crippen LogP contribution in [0.3, 0.4) is 0 Å². The van der Waals surface area contributed by atoms with Gasteiger partial charge in [-0.1, -0.05) is 248 Å². The molecule has 8 aromatic carbocycles. The number of benzene rings is 8. The predicted octanol–water partition coefficient (Wildman–Crippen LogP) is 11.8. The zero-order valence-electron chi connectivity index (χ0n) is 45.6. The normalized spacial score (nSPS) is 17.8. The zero-order valence-corrected chi connectivity index (χ0v) is 47.2. The summed E-state index contributed by atoms with van der Waals surface area (Å²) in [6.45, 7) is 1.00. The highest BCUT2D eigenvalue weighted by Crippen LogP contribution is 2.49. The van der Waals surface area contributed by atoms with E-state index in [1.54, 1.807) is 5.38 Å². The van der Waals surface area contributed by atoms with Crippen molar-refractivity contribution >= 4 is 58.2 Å². The molecule has 12 rings (SSSR count). The second kappa shape index (κ2) is 24.5. The molecule has 0 radical (unpaired) electrons. The van der Waals surface area contributed by atoms with Gasteiger partial charge in [-0.15, -0.1) is 23.1 Å². The van der Waals surface area contributed by atoms with Gasteiger partial charge in [0, 0.05) is 35.2 Å². The minimum atomic E-state index is -1.93. The number of fused-ring (bicyclic) bond motifs is 1. The standard InChI is InChI=1S/C69H58N6O7S2/c76-48-80-47-67(64(79)75-60(58(46-83-65(67)75)74-43-25-26-44-74)63(78)81-61(49-27-9-1-10-28-49)50-29-11-2-12-30-50)71-62(77)59(73-82-69(54-37-19-6-20-38-54,55-39-21-7-22-40-55)56-41-23-8-24-42-56)57-45-84-66(70-57)72-68(51-31-13-3-14-32-51,52-33-15-4-16-34-52)53-35-17-5-18-36-53/h1-24,27-42,45-46,48,60-61,65H,25-26,43-44,47H2,(H,70,72)(H,71,77)/t60?,65-,67?/m0/s1. The first kappa shape index (κ1) is 55.0. The molecule has 3 aliphatic rings. The molecule has 13 nitrogen and oxygen atoms in total. The fourth-order valence-corrected chi connectivity index (χ4v) is 13.8. The lowest BCUT2D eigenvalue weighted by atomic mass is 9.77. The van der Waals surface area contributed by atoms with Gasteiger partial charge in [0.25, 0.3) is 18.3 Å². The number of oxime groups is 1. The lowest BCUT2D eigenvalue weighted by Gasteiger charge is -2.58. The van der Waals surface area contributed by atoms with Crippen molar-refractivity contribution in [2.45, 2.75) is 47.0 Å². The lowest BCUT2D eigenvalue weighted by Crippen LogP contribution is -2.84. The quantitative estimate of drug-likeness (QED) is 0.0177. The molecule has 4 heterocycles. The van der Waals surface area contributed by atoms with Crippen LogP contribution in [0.25, 0.3) is 0 Å². The highest BCUT2D eigenvalue weighted by atomic mass is 32.2. The number of hydrogen-bond donors (Lipinski definition) is 2. The summed E-state index contributed by atoms with van der Waals surface area (Å²) in [6, 6.07) is 76.8. The number of aromatic nitrogens is 1. The van der Waals surface area contributed by atoms with Gasteiger partial charge in [-0.25, -0.2) is 9.78 Å². The van der Waals surface area contributed by atoms with E-state index < -0.39 is 58.6 Å². The van der Waals surface area contributed by atoms with Gasteiger partial charge in [0.05, 0.1) is 5.70 Å². The van der Waals surface area contributed by atoms with Crippen molar-refractivity contribution in [2.24, 2.45) is 5.16 Å². The minimum absolute atomic E-state index is 0.114. The third kappa shape index (κ3) is 10.4. The fourth-order valence-electron chi connectivity index (χ4n) is 11.7. The lowest BCUT2D eigenvalue weighted by molar-refractivity contribution is -0.177. The second-order valence-electron chi connectivity index (χ2n) is 20.6. The van der Waals surface area contributed by atoms with Gasteiger partial charge < -0.3 is 34.7 Å². The Hall–Kier alpha value is -9.57. The second-order valence-corrected chi connectivity index (χ2v) is 22.4. The average Bonchev–Trinajstić information content (AvgIpc) is 1.34. The summed E-state index contributed by atoms with van der Waals surface area (Å²) in [6.07, 6.45) is 0.986. The number of hydrogen-bond acceptors (Lipinski definition) is 13. The van der Waals surface area contributed by atoms with E-state index in [4.69, 9.17) is 24.5 Å². The van der Waals surface area contributed by atoms with Gasteiger partial charge in [0.15, 0.2) is 28.5 Å². The van der Waals surface area contributed by atoms with Crippen molar-refractivity contribution in [3.8, 4) is 0 Å². The molecule has 9 aromatic rings. The number of ether oxygens (including phenoxy) is 2. The van der Waals surface area contributed by atoms with Crippen LogP contribution < -0.4 is 10.6 Å². The Morgan fingerprint density at radius 3 is 1.54 bits per heavy atom. The van der Waals surface area contributed by atoms with Gasteiger partial charge in [-0.05, 0) is 46.1 Å². The van der Waals surface area contributed by atoms with Crippen molar-refractivity contribution in [3.63, 3.8) is 0 Å². The van der Waals surface area contributed by atoms with Gasteiger partial charge in [0.1, 0.15) is 23.2 Å². The van der Waals surface area contributed by atoms with Crippen LogP contribution in [0.2, 0.25) is 0 Å². The molecule has 418 valence electrons. The molecule has 15 heteroatoms. The van der Waals surface area contributed by atoms with E-state index in [9.17, 15) is 4.79 Å². The van der Waals surface area contributed by atoms with Crippen LogP contribution in [-0.2, 0) is 44.6 Å². The number of thiazole rings is 1. The molecular formula is C69H58N6O7S2. The Kier molecular flexibility index (Phi) is 16.0. The molecule has 0 saturated carbocycles. The number of carbonyl (C=O) groups excluding carboxylic acids is 4. The summed E-state index contributed by atoms with van der Waals surface area (Å²) in [5, 5.41) is 14.8. The Morgan fingerprint density at radius 1 is 0.643 bits per heavy atom. The monoisotopic (exact) mass is 1150 g/mol. The molecule has 3 aliphatic heterocycles. The highest BCUT2D eigenvalue weighted by molar-refractivity contribution is 8.03. The molecule has 2 unspecified atom stereocenters. The first-order chi connectivity index (χ1) is 41.3. The van der Waals surface area contributed by atoms with E-state index in [1.165, 1.54) is 28.0 Å². The summed E-state index contributed by atoms with van der Waals surface area (Å²) in [4.78, 5) is 74.9. The molecule has 0 spiro atoms. The first-order valence-electron chi connectivity index (χ1n) is 27.8. The van der Waals surface area contributed by atoms with Gasteiger partial charge in [-0.2, -0.15) is 0 Å². The number of rotatable bonds is 21. The van der Waals surface area contributed by atoms with Crippen LogP contribution >= 0.6 is 23.1 Å². The molecule has 0 aliphatic carbocycles. The summed E-state index contributed by atoms with van der Waals surface area (Å²) >= 11 is 2.52. The minimum Gasteiger partial charge on any atom is -0.465 e. The average molecular weight is 1150 g/mol. The van der Waals surface area contributed by atoms with E-state index in [0.717, 1.165) is 40.7 Å². The largest absolute Gasteiger partial charge is 0.465 e. The van der Waals surface area contributed by atoms with E-state index in [-0.39, 0.29) is 17.9 Å².